The molecule has 0 saturated carbocycles. The summed E-state index contributed by atoms with van der Waals surface area (Å²) in [7, 11) is 0. The van der Waals surface area contributed by atoms with E-state index in [0.717, 1.165) is 12.1 Å². The number of ketones is 1. The number of Topliss-reactive ketones (excluding diaryl/α,β-unsaturated/α-hetero) is 1. The lowest BCUT2D eigenvalue weighted by Crippen LogP contribution is -2.16. The molecule has 0 fully saturated rings. The van der Waals surface area contributed by atoms with Crippen LogP contribution in [0.1, 0.15) is 42.7 Å². The predicted octanol–water partition coefficient (Wildman–Crippen LogP) is 4.37. The Morgan fingerprint density at radius 2 is 1.89 bits per heavy atom. The van der Waals surface area contributed by atoms with E-state index in [-0.39, 0.29) is 22.4 Å². The number of nitrogens with zero attached hydrogens (tertiary/aromatic N) is 1. The van der Waals surface area contributed by atoms with Crippen molar-refractivity contribution in [1.29, 1.82) is 0 Å². The van der Waals surface area contributed by atoms with Crippen molar-refractivity contribution in [3.8, 4) is 0 Å². The summed E-state index contributed by atoms with van der Waals surface area (Å²) in [6, 6.07) is 1.88. The highest BCUT2D eigenvalue weighted by atomic mass is 35.5. The van der Waals surface area contributed by atoms with E-state index >= 15 is 0 Å². The fraction of sp³-hybridized carbons (Fsp3) is 0.500. The van der Waals surface area contributed by atoms with Gasteiger partial charge in [0.1, 0.15) is 10.8 Å². The first-order chi connectivity index (χ1) is 8.31. The fourth-order valence-corrected chi connectivity index (χ4v) is 1.90. The van der Waals surface area contributed by atoms with Crippen LogP contribution in [0.2, 0.25) is 5.15 Å². The molecule has 2 nitrogen and oxygen atoms in total. The molecule has 0 N–H and O–H groups in total. The molecule has 1 heterocycles. The Kier molecular flexibility index (Phi) is 4.73. The number of halogens is 4. The van der Waals surface area contributed by atoms with Crippen molar-refractivity contribution in [2.75, 3.05) is 0 Å². The molecule has 0 spiro atoms. The molecule has 0 aliphatic heterocycles. The third-order valence-corrected chi connectivity index (χ3v) is 3.05. The number of carbonyl (C=O) groups is 1. The van der Waals surface area contributed by atoms with Gasteiger partial charge in [0, 0.05) is 5.92 Å². The number of carbonyl (C=O) groups excluding carboxylic acids is 1. The van der Waals surface area contributed by atoms with Crippen molar-refractivity contribution in [1.82, 2.24) is 4.98 Å². The lowest BCUT2D eigenvalue weighted by molar-refractivity contribution is -0.141. The van der Waals surface area contributed by atoms with E-state index in [1.165, 1.54) is 0 Å². The summed E-state index contributed by atoms with van der Waals surface area (Å²) in [4.78, 5) is 15.2. The van der Waals surface area contributed by atoms with Crippen LogP contribution >= 0.6 is 11.6 Å². The lowest BCUT2D eigenvalue weighted by Gasteiger charge is -2.13. The van der Waals surface area contributed by atoms with Gasteiger partial charge in [-0.2, -0.15) is 13.2 Å². The monoisotopic (exact) mass is 279 g/mol. The van der Waals surface area contributed by atoms with E-state index in [9.17, 15) is 18.0 Å². The Bertz CT molecular complexity index is 441. The molecule has 0 aliphatic carbocycles. The summed E-state index contributed by atoms with van der Waals surface area (Å²) in [5.74, 6) is -0.493. The van der Waals surface area contributed by atoms with Gasteiger partial charge in [0.05, 0.1) is 5.56 Å². The molecule has 100 valence electrons. The second-order valence-electron chi connectivity index (χ2n) is 3.91. The van der Waals surface area contributed by atoms with Gasteiger partial charge < -0.3 is 0 Å². The highest BCUT2D eigenvalue weighted by molar-refractivity contribution is 6.32. The van der Waals surface area contributed by atoms with Crippen LogP contribution in [0.25, 0.3) is 0 Å². The van der Waals surface area contributed by atoms with E-state index in [1.54, 1.807) is 0 Å². The quantitative estimate of drug-likeness (QED) is 0.605. The standard InChI is InChI=1S/C12H13ClF3NO/c1-3-7(4-2)10(18)8-5-6-9(12(14,15)16)17-11(8)13/h5-7H,3-4H2,1-2H3. The largest absolute Gasteiger partial charge is 0.433 e. The minimum absolute atomic E-state index is 0.0540. The van der Waals surface area contributed by atoms with Crippen LogP contribution in [0.4, 0.5) is 13.2 Å². The van der Waals surface area contributed by atoms with Gasteiger partial charge in [0.2, 0.25) is 0 Å². The zero-order valence-corrected chi connectivity index (χ0v) is 10.8. The highest BCUT2D eigenvalue weighted by Crippen LogP contribution is 2.30. The van der Waals surface area contributed by atoms with Crippen LogP contribution in [0.3, 0.4) is 0 Å². The SMILES string of the molecule is CCC(CC)C(=O)c1ccc(C(F)(F)F)nc1Cl. The van der Waals surface area contributed by atoms with Gasteiger partial charge in [-0.25, -0.2) is 4.98 Å². The van der Waals surface area contributed by atoms with Crippen LogP contribution < -0.4 is 0 Å². The number of pyridine rings is 1. The fourth-order valence-electron chi connectivity index (χ4n) is 1.66. The summed E-state index contributed by atoms with van der Waals surface area (Å²) in [6.07, 6.45) is -3.32. The topological polar surface area (TPSA) is 30.0 Å². The third kappa shape index (κ3) is 3.22. The minimum atomic E-state index is -4.56. The molecule has 0 radical (unpaired) electrons. The van der Waals surface area contributed by atoms with E-state index in [4.69, 9.17) is 11.6 Å². The molecular formula is C12H13ClF3NO. The molecule has 0 unspecified atom stereocenters. The summed E-state index contributed by atoms with van der Waals surface area (Å²) in [5.41, 5.74) is -1.04. The molecule has 1 aromatic heterocycles. The first kappa shape index (κ1) is 15.0. The van der Waals surface area contributed by atoms with Crippen molar-refractivity contribution < 1.29 is 18.0 Å². The van der Waals surface area contributed by atoms with Crippen molar-refractivity contribution >= 4 is 17.4 Å². The molecular weight excluding hydrogens is 267 g/mol. The first-order valence-corrected chi connectivity index (χ1v) is 5.97. The van der Waals surface area contributed by atoms with E-state index < -0.39 is 11.9 Å². The zero-order chi connectivity index (χ0) is 13.9. The van der Waals surface area contributed by atoms with Gasteiger partial charge in [-0.3, -0.25) is 4.79 Å². The average Bonchev–Trinajstić information content (AvgIpc) is 2.29. The Morgan fingerprint density at radius 1 is 1.33 bits per heavy atom. The number of hydrogen-bond acceptors (Lipinski definition) is 2. The Morgan fingerprint density at radius 3 is 2.28 bits per heavy atom. The molecule has 1 rings (SSSR count). The molecule has 6 heteroatoms. The maximum atomic E-state index is 12.4. The summed E-state index contributed by atoms with van der Waals surface area (Å²) < 4.78 is 37.2. The predicted molar refractivity (Wildman–Crippen MR) is 62.7 cm³/mol. The second-order valence-corrected chi connectivity index (χ2v) is 4.27. The Labute approximate surface area is 108 Å². The van der Waals surface area contributed by atoms with Crippen molar-refractivity contribution in [2.45, 2.75) is 32.9 Å². The molecule has 0 bridgehead atoms. The number of hydrogen-bond donors (Lipinski definition) is 0. The van der Waals surface area contributed by atoms with Gasteiger partial charge in [0.25, 0.3) is 0 Å². The second kappa shape index (κ2) is 5.69. The van der Waals surface area contributed by atoms with Gasteiger partial charge in [-0.1, -0.05) is 25.4 Å². The first-order valence-electron chi connectivity index (χ1n) is 5.59. The third-order valence-electron chi connectivity index (χ3n) is 2.76. The van der Waals surface area contributed by atoms with E-state index in [1.807, 2.05) is 13.8 Å². The highest BCUT2D eigenvalue weighted by Gasteiger charge is 2.33. The molecule has 0 aromatic carbocycles. The maximum absolute atomic E-state index is 12.4. The maximum Gasteiger partial charge on any atom is 0.433 e. The van der Waals surface area contributed by atoms with Crippen LogP contribution in [0.5, 0.6) is 0 Å². The summed E-state index contributed by atoms with van der Waals surface area (Å²) in [5, 5.41) is -0.387. The Hall–Kier alpha value is -1.10. The van der Waals surface area contributed by atoms with Crippen LogP contribution in [0, 0.1) is 5.92 Å². The van der Waals surface area contributed by atoms with Crippen molar-refractivity contribution in [3.63, 3.8) is 0 Å². The van der Waals surface area contributed by atoms with Gasteiger partial charge in [0.15, 0.2) is 5.78 Å². The molecule has 0 saturated heterocycles. The van der Waals surface area contributed by atoms with Crippen molar-refractivity contribution in [3.05, 3.63) is 28.5 Å². The van der Waals surface area contributed by atoms with Crippen LogP contribution in [-0.4, -0.2) is 10.8 Å². The molecule has 0 aliphatic rings. The number of aromatic nitrogens is 1. The molecule has 18 heavy (non-hydrogen) atoms. The van der Waals surface area contributed by atoms with Gasteiger partial charge >= 0.3 is 6.18 Å². The van der Waals surface area contributed by atoms with E-state index in [0.29, 0.717) is 12.8 Å². The lowest BCUT2D eigenvalue weighted by atomic mass is 9.94. The van der Waals surface area contributed by atoms with Crippen LogP contribution in [-0.2, 0) is 6.18 Å². The van der Waals surface area contributed by atoms with Gasteiger partial charge in [-0.05, 0) is 25.0 Å². The van der Waals surface area contributed by atoms with Gasteiger partial charge in [-0.15, -0.1) is 0 Å². The smallest absolute Gasteiger partial charge is 0.294 e. The minimum Gasteiger partial charge on any atom is -0.294 e. The molecule has 1 aromatic rings. The number of rotatable bonds is 4. The number of alkyl halides is 3. The van der Waals surface area contributed by atoms with E-state index in [2.05, 4.69) is 4.98 Å². The van der Waals surface area contributed by atoms with Crippen molar-refractivity contribution in [2.24, 2.45) is 5.92 Å². The molecule has 0 amide bonds. The van der Waals surface area contributed by atoms with Crippen LogP contribution in [0.15, 0.2) is 12.1 Å². The normalized spacial score (nSPS) is 11.9. The Balaban J connectivity index is 3.10. The zero-order valence-electron chi connectivity index (χ0n) is 10.0. The summed E-state index contributed by atoms with van der Waals surface area (Å²) in [6.45, 7) is 3.69. The molecule has 0 atom stereocenters. The average molecular weight is 280 g/mol. The summed E-state index contributed by atoms with van der Waals surface area (Å²) >= 11 is 5.66.